The van der Waals surface area contributed by atoms with Crippen LogP contribution in [-0.2, 0) is 4.74 Å². The van der Waals surface area contributed by atoms with Crippen LogP contribution < -0.4 is 5.32 Å². The summed E-state index contributed by atoms with van der Waals surface area (Å²) < 4.78 is 5.50. The molecule has 0 spiro atoms. The molecule has 1 saturated carbocycles. The molecule has 1 aliphatic heterocycles. The van der Waals surface area contributed by atoms with Crippen molar-refractivity contribution >= 4 is 0 Å². The van der Waals surface area contributed by atoms with Gasteiger partial charge in [0.15, 0.2) is 0 Å². The first-order valence-electron chi connectivity index (χ1n) is 6.10. The van der Waals surface area contributed by atoms with Crippen LogP contribution >= 0.6 is 0 Å². The largest absolute Gasteiger partial charge is 0.381 e. The van der Waals surface area contributed by atoms with Crippen molar-refractivity contribution in [1.29, 1.82) is 0 Å². The average molecular weight is 197 g/mol. The first kappa shape index (κ1) is 10.4. The third-order valence-electron chi connectivity index (χ3n) is 4.24. The van der Waals surface area contributed by atoms with Gasteiger partial charge < -0.3 is 10.1 Å². The lowest BCUT2D eigenvalue weighted by molar-refractivity contribution is -0.0159. The maximum absolute atomic E-state index is 5.50. The van der Waals surface area contributed by atoms with Crippen LogP contribution in [0.2, 0.25) is 0 Å². The number of ether oxygens (including phenoxy) is 1. The molecule has 0 bridgehead atoms. The molecule has 2 nitrogen and oxygen atoms in total. The molecule has 2 aliphatic rings. The molecule has 2 fully saturated rings. The second-order valence-corrected chi connectivity index (χ2v) is 4.99. The number of hydrogen-bond acceptors (Lipinski definition) is 2. The van der Waals surface area contributed by atoms with Crippen LogP contribution in [0.5, 0.6) is 0 Å². The van der Waals surface area contributed by atoms with Crippen molar-refractivity contribution in [2.75, 3.05) is 26.8 Å². The monoisotopic (exact) mass is 197 g/mol. The topological polar surface area (TPSA) is 21.3 Å². The fourth-order valence-corrected chi connectivity index (χ4v) is 3.40. The lowest BCUT2D eigenvalue weighted by Gasteiger charge is -2.42. The Hall–Kier alpha value is -0.0800. The lowest BCUT2D eigenvalue weighted by atomic mass is 9.69. The smallest absolute Gasteiger partial charge is 0.0471 e. The van der Waals surface area contributed by atoms with E-state index < -0.39 is 0 Å². The molecule has 0 aromatic heterocycles. The minimum Gasteiger partial charge on any atom is -0.381 e. The quantitative estimate of drug-likeness (QED) is 0.749. The van der Waals surface area contributed by atoms with Gasteiger partial charge in [0.25, 0.3) is 0 Å². The first-order valence-corrected chi connectivity index (χ1v) is 6.10. The normalized spacial score (nSPS) is 28.1. The summed E-state index contributed by atoms with van der Waals surface area (Å²) in [7, 11) is 2.09. The molecule has 0 aromatic rings. The van der Waals surface area contributed by atoms with Gasteiger partial charge in [-0.15, -0.1) is 0 Å². The second kappa shape index (κ2) is 4.63. The summed E-state index contributed by atoms with van der Waals surface area (Å²) in [5.41, 5.74) is 0.573. The zero-order valence-corrected chi connectivity index (χ0v) is 9.35. The summed E-state index contributed by atoms with van der Waals surface area (Å²) in [6.45, 7) is 3.16. The van der Waals surface area contributed by atoms with Crippen LogP contribution in [-0.4, -0.2) is 26.8 Å². The molecule has 14 heavy (non-hydrogen) atoms. The second-order valence-electron chi connectivity index (χ2n) is 4.99. The number of nitrogens with one attached hydrogen (secondary N) is 1. The highest BCUT2D eigenvalue weighted by Gasteiger charge is 2.40. The van der Waals surface area contributed by atoms with Gasteiger partial charge in [0.05, 0.1) is 0 Å². The standard InChI is InChI=1S/C12H23NO/c1-13-10-12(6-8-14-9-7-12)11-4-2-3-5-11/h11,13H,2-10H2,1H3. The SMILES string of the molecule is CNCC1(C2CCCC2)CCOCC1. The summed E-state index contributed by atoms with van der Waals surface area (Å²) in [5, 5.41) is 3.40. The van der Waals surface area contributed by atoms with E-state index in [0.717, 1.165) is 19.1 Å². The maximum Gasteiger partial charge on any atom is 0.0471 e. The molecule has 2 heteroatoms. The molecule has 1 heterocycles. The van der Waals surface area contributed by atoms with E-state index in [-0.39, 0.29) is 0 Å². The van der Waals surface area contributed by atoms with Gasteiger partial charge in [-0.25, -0.2) is 0 Å². The van der Waals surface area contributed by atoms with Crippen LogP contribution in [0.3, 0.4) is 0 Å². The van der Waals surface area contributed by atoms with E-state index in [2.05, 4.69) is 12.4 Å². The van der Waals surface area contributed by atoms with Crippen molar-refractivity contribution in [2.45, 2.75) is 38.5 Å². The van der Waals surface area contributed by atoms with E-state index in [9.17, 15) is 0 Å². The fraction of sp³-hybridized carbons (Fsp3) is 1.00. The fourth-order valence-electron chi connectivity index (χ4n) is 3.40. The summed E-state index contributed by atoms with van der Waals surface area (Å²) in [5.74, 6) is 0.971. The van der Waals surface area contributed by atoms with Gasteiger partial charge in [-0.05, 0) is 44.1 Å². The zero-order valence-electron chi connectivity index (χ0n) is 9.35. The number of rotatable bonds is 3. The molecule has 0 unspecified atom stereocenters. The van der Waals surface area contributed by atoms with E-state index in [0.29, 0.717) is 5.41 Å². The van der Waals surface area contributed by atoms with Crippen LogP contribution in [0.4, 0.5) is 0 Å². The minimum absolute atomic E-state index is 0.573. The third kappa shape index (κ3) is 1.96. The van der Waals surface area contributed by atoms with Gasteiger partial charge >= 0.3 is 0 Å². The Balaban J connectivity index is 2.02. The van der Waals surface area contributed by atoms with E-state index in [4.69, 9.17) is 4.74 Å². The van der Waals surface area contributed by atoms with Gasteiger partial charge in [-0.2, -0.15) is 0 Å². The Morgan fingerprint density at radius 3 is 2.43 bits per heavy atom. The van der Waals surface area contributed by atoms with Gasteiger partial charge in [-0.1, -0.05) is 12.8 Å². The molecule has 1 aliphatic carbocycles. The minimum atomic E-state index is 0.573. The van der Waals surface area contributed by atoms with Crippen molar-refractivity contribution in [3.63, 3.8) is 0 Å². The zero-order chi connectivity index (χ0) is 9.86. The Morgan fingerprint density at radius 1 is 1.21 bits per heavy atom. The van der Waals surface area contributed by atoms with Crippen LogP contribution in [0.15, 0.2) is 0 Å². The summed E-state index contributed by atoms with van der Waals surface area (Å²) in [6.07, 6.45) is 8.38. The van der Waals surface area contributed by atoms with Crippen molar-refractivity contribution in [3.05, 3.63) is 0 Å². The highest BCUT2D eigenvalue weighted by atomic mass is 16.5. The Kier molecular flexibility index (Phi) is 3.45. The van der Waals surface area contributed by atoms with E-state index in [1.165, 1.54) is 45.1 Å². The van der Waals surface area contributed by atoms with Crippen LogP contribution in [0.1, 0.15) is 38.5 Å². The Labute approximate surface area is 87.4 Å². The van der Waals surface area contributed by atoms with E-state index >= 15 is 0 Å². The van der Waals surface area contributed by atoms with E-state index in [1.54, 1.807) is 0 Å². The van der Waals surface area contributed by atoms with Gasteiger partial charge in [-0.3, -0.25) is 0 Å². The summed E-state index contributed by atoms with van der Waals surface area (Å²) >= 11 is 0. The highest BCUT2D eigenvalue weighted by Crippen LogP contribution is 2.45. The molecule has 2 rings (SSSR count). The first-order chi connectivity index (χ1) is 6.87. The Morgan fingerprint density at radius 2 is 1.86 bits per heavy atom. The van der Waals surface area contributed by atoms with Gasteiger partial charge in [0.2, 0.25) is 0 Å². The van der Waals surface area contributed by atoms with Crippen molar-refractivity contribution in [3.8, 4) is 0 Å². The van der Waals surface area contributed by atoms with Gasteiger partial charge in [0, 0.05) is 19.8 Å². The molecular weight excluding hydrogens is 174 g/mol. The molecule has 0 aromatic carbocycles. The van der Waals surface area contributed by atoms with Crippen LogP contribution in [0.25, 0.3) is 0 Å². The van der Waals surface area contributed by atoms with Crippen molar-refractivity contribution < 1.29 is 4.74 Å². The predicted octanol–water partition coefficient (Wildman–Crippen LogP) is 2.19. The van der Waals surface area contributed by atoms with Crippen molar-refractivity contribution in [1.82, 2.24) is 5.32 Å². The third-order valence-corrected chi connectivity index (χ3v) is 4.24. The number of hydrogen-bond donors (Lipinski definition) is 1. The molecule has 0 amide bonds. The molecule has 0 radical (unpaired) electrons. The molecule has 1 N–H and O–H groups in total. The highest BCUT2D eigenvalue weighted by molar-refractivity contribution is 4.91. The van der Waals surface area contributed by atoms with E-state index in [1.807, 2.05) is 0 Å². The molecular formula is C12H23NO. The summed E-state index contributed by atoms with van der Waals surface area (Å²) in [6, 6.07) is 0. The van der Waals surface area contributed by atoms with Gasteiger partial charge in [0.1, 0.15) is 0 Å². The Bertz CT molecular complexity index is 164. The molecule has 82 valence electrons. The maximum atomic E-state index is 5.50. The van der Waals surface area contributed by atoms with Crippen molar-refractivity contribution in [2.24, 2.45) is 11.3 Å². The van der Waals surface area contributed by atoms with Crippen LogP contribution in [0, 0.1) is 11.3 Å². The summed E-state index contributed by atoms with van der Waals surface area (Å²) in [4.78, 5) is 0. The average Bonchev–Trinajstić information content (AvgIpc) is 2.73. The predicted molar refractivity (Wildman–Crippen MR) is 58.4 cm³/mol. The lowest BCUT2D eigenvalue weighted by Crippen LogP contribution is -2.43. The molecule has 0 atom stereocenters. The molecule has 1 saturated heterocycles.